The van der Waals surface area contributed by atoms with Gasteiger partial charge in [0.15, 0.2) is 5.60 Å². The number of benzene rings is 2. The van der Waals surface area contributed by atoms with Crippen molar-refractivity contribution in [3.63, 3.8) is 0 Å². The van der Waals surface area contributed by atoms with Crippen LogP contribution in [0.25, 0.3) is 0 Å². The van der Waals surface area contributed by atoms with Crippen LogP contribution in [0.4, 0.5) is 5.82 Å². The van der Waals surface area contributed by atoms with Crippen LogP contribution in [0.5, 0.6) is 5.75 Å². The number of hydrogen-bond donors (Lipinski definition) is 1. The molecule has 1 N–H and O–H groups in total. The summed E-state index contributed by atoms with van der Waals surface area (Å²) in [6.07, 6.45) is 7.79. The van der Waals surface area contributed by atoms with E-state index >= 15 is 0 Å². The van der Waals surface area contributed by atoms with Crippen LogP contribution in [0.3, 0.4) is 0 Å². The largest absolute Gasteiger partial charge is 0.476 e. The second-order valence-corrected chi connectivity index (χ2v) is 11.0. The number of rotatable bonds is 18. The summed E-state index contributed by atoms with van der Waals surface area (Å²) >= 11 is 0. The molecule has 3 rings (SSSR count). The number of unbranched alkanes of at least 4 members (excludes halogenated alkanes) is 5. The SMILES string of the molecule is CCCCCCCn1nc(NCCCCc2cccc(OC(C)(C)C(=O)OCC)c2)c(=O)n(Cc2ccccc2)c1=O. The second-order valence-electron chi connectivity index (χ2n) is 11.0. The maximum Gasteiger partial charge on any atom is 0.349 e. The molecule has 0 amide bonds. The van der Waals surface area contributed by atoms with Crippen LogP contribution >= 0.6 is 0 Å². The standard InChI is InChI=1S/C33H46N4O5/c1-5-7-8-9-15-23-37-32(40)36(25-27-18-11-10-12-19-27)30(38)29(35-37)34-22-14-13-17-26-20-16-21-28(24-26)42-33(3,4)31(39)41-6-2/h10-12,16,18-21,24H,5-9,13-15,17,22-23,25H2,1-4H3,(H,34,35). The lowest BCUT2D eigenvalue weighted by Gasteiger charge is -2.24. The Bertz CT molecular complexity index is 1380. The molecule has 0 spiro atoms. The van der Waals surface area contributed by atoms with E-state index in [1.165, 1.54) is 15.7 Å². The molecule has 0 bridgehead atoms. The predicted molar refractivity (Wildman–Crippen MR) is 166 cm³/mol. The summed E-state index contributed by atoms with van der Waals surface area (Å²) in [6.45, 7) is 8.87. The Hall–Kier alpha value is -3.88. The van der Waals surface area contributed by atoms with Gasteiger partial charge in [-0.25, -0.2) is 14.3 Å². The normalized spacial score (nSPS) is 11.3. The molecule has 1 aromatic heterocycles. The zero-order valence-corrected chi connectivity index (χ0v) is 25.6. The molecule has 0 aliphatic rings. The number of esters is 1. The summed E-state index contributed by atoms with van der Waals surface area (Å²) in [5.74, 6) is 0.417. The van der Waals surface area contributed by atoms with Crippen molar-refractivity contribution < 1.29 is 14.3 Å². The highest BCUT2D eigenvalue weighted by Gasteiger charge is 2.31. The van der Waals surface area contributed by atoms with Crippen LogP contribution < -0.4 is 21.3 Å². The zero-order chi connectivity index (χ0) is 30.4. The Morgan fingerprint density at radius 1 is 0.905 bits per heavy atom. The van der Waals surface area contributed by atoms with E-state index < -0.39 is 17.1 Å². The molecule has 228 valence electrons. The molecule has 0 saturated heterocycles. The number of nitrogens with one attached hydrogen (secondary N) is 1. The van der Waals surface area contributed by atoms with Crippen LogP contribution in [-0.4, -0.2) is 39.1 Å². The zero-order valence-electron chi connectivity index (χ0n) is 25.6. The first kappa shape index (κ1) is 32.6. The van der Waals surface area contributed by atoms with Crippen molar-refractivity contribution in [2.45, 2.75) is 97.8 Å². The highest BCUT2D eigenvalue weighted by atomic mass is 16.6. The van der Waals surface area contributed by atoms with E-state index in [-0.39, 0.29) is 18.1 Å². The first-order chi connectivity index (χ1) is 20.2. The molecule has 0 radical (unpaired) electrons. The van der Waals surface area contributed by atoms with Crippen LogP contribution in [0.15, 0.2) is 64.2 Å². The molecule has 9 heteroatoms. The van der Waals surface area contributed by atoms with Crippen molar-refractivity contribution >= 4 is 11.8 Å². The number of carbonyl (C=O) groups excluding carboxylic acids is 1. The molecule has 2 aromatic carbocycles. The van der Waals surface area contributed by atoms with Crippen molar-refractivity contribution in [2.24, 2.45) is 0 Å². The van der Waals surface area contributed by atoms with Gasteiger partial charge in [-0.15, -0.1) is 5.10 Å². The Morgan fingerprint density at radius 3 is 2.38 bits per heavy atom. The summed E-state index contributed by atoms with van der Waals surface area (Å²) in [4.78, 5) is 38.6. The number of hydrogen-bond acceptors (Lipinski definition) is 7. The van der Waals surface area contributed by atoms with Gasteiger partial charge in [-0.1, -0.05) is 75.1 Å². The van der Waals surface area contributed by atoms with Crippen LogP contribution in [-0.2, 0) is 29.0 Å². The van der Waals surface area contributed by atoms with E-state index in [2.05, 4.69) is 17.3 Å². The van der Waals surface area contributed by atoms with Gasteiger partial charge in [0, 0.05) is 13.1 Å². The summed E-state index contributed by atoms with van der Waals surface area (Å²) in [7, 11) is 0. The summed E-state index contributed by atoms with van der Waals surface area (Å²) in [6, 6.07) is 17.2. The maximum absolute atomic E-state index is 13.3. The molecule has 1 heterocycles. The monoisotopic (exact) mass is 578 g/mol. The van der Waals surface area contributed by atoms with E-state index in [0.29, 0.717) is 25.4 Å². The number of anilines is 1. The minimum Gasteiger partial charge on any atom is -0.476 e. The predicted octanol–water partition coefficient (Wildman–Crippen LogP) is 5.58. The first-order valence-electron chi connectivity index (χ1n) is 15.2. The van der Waals surface area contributed by atoms with E-state index in [0.717, 1.165) is 56.1 Å². The summed E-state index contributed by atoms with van der Waals surface area (Å²) in [5, 5.41) is 7.62. The molecule has 0 saturated carbocycles. The van der Waals surface area contributed by atoms with Crippen LogP contribution in [0, 0.1) is 0 Å². The molecule has 0 aliphatic heterocycles. The minimum atomic E-state index is -1.08. The number of aryl methyl sites for hydroxylation is 2. The van der Waals surface area contributed by atoms with Gasteiger partial charge in [-0.2, -0.15) is 0 Å². The number of ether oxygens (including phenoxy) is 2. The van der Waals surface area contributed by atoms with Gasteiger partial charge in [-0.05, 0) is 69.7 Å². The minimum absolute atomic E-state index is 0.204. The molecular weight excluding hydrogens is 532 g/mol. The van der Waals surface area contributed by atoms with Crippen molar-refractivity contribution in [1.29, 1.82) is 0 Å². The lowest BCUT2D eigenvalue weighted by atomic mass is 10.1. The van der Waals surface area contributed by atoms with Gasteiger partial charge in [0.2, 0.25) is 5.82 Å². The first-order valence-corrected chi connectivity index (χ1v) is 15.2. The molecule has 9 nitrogen and oxygen atoms in total. The third-order valence-corrected chi connectivity index (χ3v) is 7.00. The topological polar surface area (TPSA) is 104 Å². The number of carbonyl (C=O) groups is 1. The smallest absolute Gasteiger partial charge is 0.349 e. The fourth-order valence-corrected chi connectivity index (χ4v) is 4.65. The lowest BCUT2D eigenvalue weighted by molar-refractivity contribution is -0.158. The number of nitrogens with zero attached hydrogens (tertiary/aromatic N) is 3. The molecule has 0 fully saturated rings. The molecule has 0 atom stereocenters. The Kier molecular flexibility index (Phi) is 12.8. The Morgan fingerprint density at radius 2 is 1.64 bits per heavy atom. The Balaban J connectivity index is 1.62. The molecule has 0 unspecified atom stereocenters. The summed E-state index contributed by atoms with van der Waals surface area (Å²) in [5.41, 5.74) is 0.121. The molecular formula is C33H46N4O5. The fraction of sp³-hybridized carbons (Fsp3) is 0.515. The summed E-state index contributed by atoms with van der Waals surface area (Å²) < 4.78 is 13.7. The second kappa shape index (κ2) is 16.5. The van der Waals surface area contributed by atoms with Gasteiger partial charge in [0.1, 0.15) is 5.75 Å². The van der Waals surface area contributed by atoms with E-state index in [4.69, 9.17) is 9.47 Å². The molecule has 0 aliphatic carbocycles. The molecule has 42 heavy (non-hydrogen) atoms. The maximum atomic E-state index is 13.3. The quantitative estimate of drug-likeness (QED) is 0.155. The van der Waals surface area contributed by atoms with Gasteiger partial charge in [0.25, 0.3) is 5.56 Å². The van der Waals surface area contributed by atoms with Crippen molar-refractivity contribution in [3.8, 4) is 5.75 Å². The van der Waals surface area contributed by atoms with E-state index in [9.17, 15) is 14.4 Å². The Labute approximate surface area is 248 Å². The average Bonchev–Trinajstić information content (AvgIpc) is 2.97. The highest BCUT2D eigenvalue weighted by Crippen LogP contribution is 2.22. The van der Waals surface area contributed by atoms with Gasteiger partial charge in [0.05, 0.1) is 13.2 Å². The average molecular weight is 579 g/mol. The third-order valence-electron chi connectivity index (χ3n) is 7.00. The lowest BCUT2D eigenvalue weighted by Crippen LogP contribution is -2.43. The van der Waals surface area contributed by atoms with E-state index in [1.54, 1.807) is 20.8 Å². The number of aromatic nitrogens is 3. The van der Waals surface area contributed by atoms with Crippen LogP contribution in [0.1, 0.15) is 83.8 Å². The fourth-order valence-electron chi connectivity index (χ4n) is 4.65. The van der Waals surface area contributed by atoms with Gasteiger partial charge >= 0.3 is 11.7 Å². The molecule has 3 aromatic rings. The highest BCUT2D eigenvalue weighted by molar-refractivity contribution is 5.79. The van der Waals surface area contributed by atoms with Crippen molar-refractivity contribution in [2.75, 3.05) is 18.5 Å². The van der Waals surface area contributed by atoms with Crippen molar-refractivity contribution in [1.82, 2.24) is 14.3 Å². The van der Waals surface area contributed by atoms with Gasteiger partial charge < -0.3 is 14.8 Å². The third kappa shape index (κ3) is 9.89. The van der Waals surface area contributed by atoms with Crippen molar-refractivity contribution in [3.05, 3.63) is 86.6 Å². The van der Waals surface area contributed by atoms with E-state index in [1.807, 2.05) is 54.6 Å². The van der Waals surface area contributed by atoms with Crippen LogP contribution in [0.2, 0.25) is 0 Å². The van der Waals surface area contributed by atoms with Gasteiger partial charge in [-0.3, -0.25) is 9.36 Å².